The lowest BCUT2D eigenvalue weighted by Gasteiger charge is -2.53. The van der Waals surface area contributed by atoms with Crippen molar-refractivity contribution in [1.29, 1.82) is 0 Å². The molecule has 0 bridgehead atoms. The Labute approximate surface area is 185 Å². The summed E-state index contributed by atoms with van der Waals surface area (Å²) in [6.07, 6.45) is 10.3. The minimum Gasteiger partial charge on any atom is -0.347 e. The molecule has 3 heterocycles. The molecule has 1 saturated heterocycles. The lowest BCUT2D eigenvalue weighted by molar-refractivity contribution is -0.0269. The first-order valence-electron chi connectivity index (χ1n) is 10.9. The molecule has 1 N–H and O–H groups in total. The maximum absolute atomic E-state index is 12.7. The molecule has 0 radical (unpaired) electrons. The highest BCUT2D eigenvalue weighted by molar-refractivity contribution is 5.92. The predicted molar refractivity (Wildman–Crippen MR) is 116 cm³/mol. The molecule has 9 heteroatoms. The zero-order valence-electron chi connectivity index (χ0n) is 17.7. The fourth-order valence-corrected chi connectivity index (χ4v) is 4.81. The lowest BCUT2D eigenvalue weighted by Crippen LogP contribution is -2.51. The smallest absolute Gasteiger partial charge is 0.274 e. The number of nitrogens with zero attached hydrogens (tertiary/aromatic N) is 6. The van der Waals surface area contributed by atoms with Gasteiger partial charge in [0.05, 0.1) is 18.4 Å². The van der Waals surface area contributed by atoms with Crippen LogP contribution in [0.4, 0.5) is 0 Å². The van der Waals surface area contributed by atoms with Gasteiger partial charge < -0.3 is 10.2 Å². The normalized spacial score (nSPS) is 19.4. The summed E-state index contributed by atoms with van der Waals surface area (Å²) in [5.74, 6) is -0.292. The molecule has 2 aromatic heterocycles. The Hall–Kier alpha value is -3.62. The van der Waals surface area contributed by atoms with Crippen molar-refractivity contribution >= 4 is 11.8 Å². The highest BCUT2D eigenvalue weighted by atomic mass is 16.2. The van der Waals surface area contributed by atoms with E-state index in [4.69, 9.17) is 0 Å². The summed E-state index contributed by atoms with van der Waals surface area (Å²) in [6.45, 7) is 1.83. The van der Waals surface area contributed by atoms with E-state index in [1.165, 1.54) is 6.20 Å². The van der Waals surface area contributed by atoms with Crippen molar-refractivity contribution in [1.82, 2.24) is 35.2 Å². The summed E-state index contributed by atoms with van der Waals surface area (Å²) in [6, 6.07) is 9.98. The van der Waals surface area contributed by atoms with E-state index in [1.54, 1.807) is 18.6 Å². The van der Waals surface area contributed by atoms with Gasteiger partial charge in [0.25, 0.3) is 11.8 Å². The van der Waals surface area contributed by atoms with Crippen molar-refractivity contribution in [3.8, 4) is 0 Å². The molecule has 3 aromatic rings. The first kappa shape index (κ1) is 20.3. The van der Waals surface area contributed by atoms with E-state index in [2.05, 4.69) is 25.6 Å². The fraction of sp³-hybridized carbons (Fsp3) is 0.391. The summed E-state index contributed by atoms with van der Waals surface area (Å²) >= 11 is 0. The average molecular weight is 432 g/mol. The highest BCUT2D eigenvalue weighted by Gasteiger charge is 2.50. The summed E-state index contributed by atoms with van der Waals surface area (Å²) in [5, 5.41) is 11.3. The standard InChI is InChI=1S/C23H25N7O2/c31-21(26-14-17-4-2-1-3-5-17)19-16-30(28-27-19)20-6-7-23(20)8-12-29(13-9-23)22(32)18-15-24-10-11-25-18/h1-5,10-11,15-16,20H,6-9,12-14H2,(H,26,31). The monoisotopic (exact) mass is 431 g/mol. The number of amides is 2. The first-order valence-corrected chi connectivity index (χ1v) is 10.9. The van der Waals surface area contributed by atoms with E-state index in [-0.39, 0.29) is 23.3 Å². The summed E-state index contributed by atoms with van der Waals surface area (Å²) in [4.78, 5) is 35.1. The minimum absolute atomic E-state index is 0.0676. The third-order valence-corrected chi connectivity index (χ3v) is 6.81. The molecule has 1 saturated carbocycles. The van der Waals surface area contributed by atoms with Gasteiger partial charge in [-0.05, 0) is 36.7 Å². The van der Waals surface area contributed by atoms with Gasteiger partial charge in [0.15, 0.2) is 5.69 Å². The minimum atomic E-state index is -0.224. The largest absolute Gasteiger partial charge is 0.347 e. The van der Waals surface area contributed by atoms with Crippen LogP contribution in [0.5, 0.6) is 0 Å². The summed E-state index contributed by atoms with van der Waals surface area (Å²) in [7, 11) is 0. The number of carbonyl (C=O) groups is 2. The molecule has 1 atom stereocenters. The Morgan fingerprint density at radius 2 is 1.88 bits per heavy atom. The number of piperidine rings is 1. The second-order valence-electron chi connectivity index (χ2n) is 8.55. The van der Waals surface area contributed by atoms with E-state index in [1.807, 2.05) is 39.9 Å². The van der Waals surface area contributed by atoms with Crippen LogP contribution in [0.25, 0.3) is 0 Å². The molecule has 9 nitrogen and oxygen atoms in total. The zero-order valence-corrected chi connectivity index (χ0v) is 17.7. The van der Waals surface area contributed by atoms with Crippen LogP contribution in [0.15, 0.2) is 55.1 Å². The number of hydrogen-bond donors (Lipinski definition) is 1. The van der Waals surface area contributed by atoms with Crippen LogP contribution in [0.3, 0.4) is 0 Å². The third-order valence-electron chi connectivity index (χ3n) is 6.81. The van der Waals surface area contributed by atoms with Gasteiger partial charge in [-0.15, -0.1) is 5.10 Å². The number of nitrogens with one attached hydrogen (secondary N) is 1. The van der Waals surface area contributed by atoms with Gasteiger partial charge in [0.2, 0.25) is 0 Å². The van der Waals surface area contributed by atoms with Crippen LogP contribution in [0.1, 0.15) is 58.3 Å². The van der Waals surface area contributed by atoms with Crippen LogP contribution in [-0.4, -0.2) is 54.8 Å². The number of hydrogen-bond acceptors (Lipinski definition) is 6. The summed E-state index contributed by atoms with van der Waals surface area (Å²) < 4.78 is 1.85. The van der Waals surface area contributed by atoms with Gasteiger partial charge in [-0.25, -0.2) is 9.67 Å². The van der Waals surface area contributed by atoms with Crippen molar-refractivity contribution in [2.75, 3.05) is 13.1 Å². The number of likely N-dealkylation sites (tertiary alicyclic amines) is 1. The predicted octanol–water partition coefficient (Wildman–Crippen LogP) is 2.26. The van der Waals surface area contributed by atoms with Gasteiger partial charge in [0, 0.05) is 32.0 Å². The maximum Gasteiger partial charge on any atom is 0.274 e. The molecule has 164 valence electrons. The Kier molecular flexibility index (Phi) is 5.38. The van der Waals surface area contributed by atoms with Crippen molar-refractivity contribution in [2.24, 2.45) is 5.41 Å². The van der Waals surface area contributed by atoms with Crippen LogP contribution in [-0.2, 0) is 6.54 Å². The lowest BCUT2D eigenvalue weighted by atomic mass is 9.59. The van der Waals surface area contributed by atoms with E-state index in [0.29, 0.717) is 31.0 Å². The Morgan fingerprint density at radius 1 is 1.06 bits per heavy atom. The van der Waals surface area contributed by atoms with Crippen molar-refractivity contribution < 1.29 is 9.59 Å². The Bertz CT molecular complexity index is 1090. The van der Waals surface area contributed by atoms with Crippen molar-refractivity contribution in [3.05, 3.63) is 72.1 Å². The Morgan fingerprint density at radius 3 is 2.56 bits per heavy atom. The molecule has 1 aliphatic heterocycles. The molecular formula is C23H25N7O2. The molecule has 2 amide bonds. The number of aromatic nitrogens is 5. The van der Waals surface area contributed by atoms with Crippen LogP contribution in [0, 0.1) is 5.41 Å². The number of benzene rings is 1. The molecule has 32 heavy (non-hydrogen) atoms. The molecule has 1 aliphatic carbocycles. The average Bonchev–Trinajstić information content (AvgIpc) is 3.32. The van der Waals surface area contributed by atoms with Crippen LogP contribution in [0.2, 0.25) is 0 Å². The van der Waals surface area contributed by atoms with Gasteiger partial charge in [0.1, 0.15) is 5.69 Å². The molecular weight excluding hydrogens is 406 g/mol. The fourth-order valence-electron chi connectivity index (χ4n) is 4.81. The number of carbonyl (C=O) groups excluding carboxylic acids is 2. The highest BCUT2D eigenvalue weighted by Crippen LogP contribution is 2.56. The van der Waals surface area contributed by atoms with Gasteiger partial charge >= 0.3 is 0 Å². The first-order chi connectivity index (χ1) is 15.6. The molecule has 1 spiro atoms. The van der Waals surface area contributed by atoms with Crippen molar-refractivity contribution in [2.45, 2.75) is 38.3 Å². The van der Waals surface area contributed by atoms with Crippen LogP contribution >= 0.6 is 0 Å². The molecule has 5 rings (SSSR count). The second-order valence-corrected chi connectivity index (χ2v) is 8.55. The second kappa shape index (κ2) is 8.49. The van der Waals surface area contributed by atoms with E-state index in [0.717, 1.165) is 31.2 Å². The third kappa shape index (κ3) is 3.86. The van der Waals surface area contributed by atoms with Gasteiger partial charge in [-0.1, -0.05) is 35.5 Å². The van der Waals surface area contributed by atoms with E-state index < -0.39 is 0 Å². The molecule has 1 aromatic carbocycles. The SMILES string of the molecule is O=C(NCc1ccccc1)c1cn(C2CCC23CCN(C(=O)c2cnccn2)CC3)nn1. The Balaban J connectivity index is 1.19. The van der Waals surface area contributed by atoms with Gasteiger partial charge in [-0.3, -0.25) is 14.6 Å². The molecule has 1 unspecified atom stereocenters. The van der Waals surface area contributed by atoms with Crippen LogP contribution < -0.4 is 5.32 Å². The quantitative estimate of drug-likeness (QED) is 0.664. The summed E-state index contributed by atoms with van der Waals surface area (Å²) in [5.41, 5.74) is 1.85. The van der Waals surface area contributed by atoms with Crippen molar-refractivity contribution in [3.63, 3.8) is 0 Å². The van der Waals surface area contributed by atoms with Gasteiger partial charge in [-0.2, -0.15) is 0 Å². The zero-order chi connectivity index (χ0) is 22.0. The number of rotatable bonds is 5. The maximum atomic E-state index is 12.7. The topological polar surface area (TPSA) is 106 Å². The molecule has 2 fully saturated rings. The molecule has 2 aliphatic rings. The van der Waals surface area contributed by atoms with E-state index in [9.17, 15) is 9.59 Å². The van der Waals surface area contributed by atoms with E-state index >= 15 is 0 Å².